The second-order valence-electron chi connectivity index (χ2n) is 3.31. The van der Waals surface area contributed by atoms with Crippen molar-refractivity contribution in [3.05, 3.63) is 45.4 Å². The smallest absolute Gasteiger partial charge is 0.0551 e. The molecule has 0 saturated carbocycles. The molecular formula is C11H13BrClN. The number of hydrogen-bond donors (Lipinski definition) is 1. The topological polar surface area (TPSA) is 12.0 Å². The number of nitrogens with one attached hydrogen (secondary N) is 1. The Morgan fingerprint density at radius 2 is 2.29 bits per heavy atom. The van der Waals surface area contributed by atoms with Gasteiger partial charge in [-0.05, 0) is 40.5 Å². The lowest BCUT2D eigenvalue weighted by Crippen LogP contribution is -2.14. The molecule has 1 N–H and O–H groups in total. The first-order valence-corrected chi connectivity index (χ1v) is 5.55. The van der Waals surface area contributed by atoms with Gasteiger partial charge in [0.05, 0.1) is 5.02 Å². The maximum atomic E-state index is 5.96. The van der Waals surface area contributed by atoms with Crippen LogP contribution in [-0.4, -0.2) is 6.54 Å². The predicted molar refractivity (Wildman–Crippen MR) is 65.7 cm³/mol. The van der Waals surface area contributed by atoms with Crippen LogP contribution in [0.2, 0.25) is 5.02 Å². The maximum absolute atomic E-state index is 5.96. The summed E-state index contributed by atoms with van der Waals surface area (Å²) in [4.78, 5) is 0. The Hall–Kier alpha value is -0.310. The minimum atomic E-state index is 0.750. The second-order valence-corrected chi connectivity index (χ2v) is 4.57. The van der Waals surface area contributed by atoms with Gasteiger partial charge in [-0.15, -0.1) is 0 Å². The molecule has 0 atom stereocenters. The summed E-state index contributed by atoms with van der Waals surface area (Å²) in [6.45, 7) is 7.48. The number of hydrogen-bond acceptors (Lipinski definition) is 1. The van der Waals surface area contributed by atoms with E-state index in [-0.39, 0.29) is 0 Å². The van der Waals surface area contributed by atoms with E-state index in [2.05, 4.69) is 27.8 Å². The first kappa shape index (κ1) is 11.8. The molecule has 76 valence electrons. The third kappa shape index (κ3) is 3.82. The summed E-state index contributed by atoms with van der Waals surface area (Å²) in [5.74, 6) is 0. The molecule has 0 heterocycles. The Labute approximate surface area is 98.3 Å². The van der Waals surface area contributed by atoms with E-state index < -0.39 is 0 Å². The Morgan fingerprint density at radius 3 is 2.86 bits per heavy atom. The summed E-state index contributed by atoms with van der Waals surface area (Å²) in [7, 11) is 0. The molecule has 1 nitrogen and oxygen atoms in total. The van der Waals surface area contributed by atoms with Crippen molar-refractivity contribution >= 4 is 27.5 Å². The fourth-order valence-electron chi connectivity index (χ4n) is 1.07. The highest BCUT2D eigenvalue weighted by Crippen LogP contribution is 2.22. The van der Waals surface area contributed by atoms with Crippen LogP contribution in [0.3, 0.4) is 0 Å². The Balaban J connectivity index is 2.51. The fraction of sp³-hybridized carbons (Fsp3) is 0.273. The molecule has 1 aromatic carbocycles. The normalized spacial score (nSPS) is 10.2. The van der Waals surface area contributed by atoms with Crippen LogP contribution in [0.5, 0.6) is 0 Å². The third-order valence-corrected chi connectivity index (χ3v) is 2.97. The average Bonchev–Trinajstić information content (AvgIpc) is 2.10. The van der Waals surface area contributed by atoms with Gasteiger partial charge in [0, 0.05) is 17.6 Å². The van der Waals surface area contributed by atoms with Crippen LogP contribution < -0.4 is 5.32 Å². The molecule has 0 aliphatic heterocycles. The van der Waals surface area contributed by atoms with Gasteiger partial charge < -0.3 is 5.32 Å². The summed E-state index contributed by atoms with van der Waals surface area (Å²) in [6, 6.07) is 5.96. The highest BCUT2D eigenvalue weighted by Gasteiger charge is 1.98. The van der Waals surface area contributed by atoms with Crippen LogP contribution in [0.4, 0.5) is 0 Å². The van der Waals surface area contributed by atoms with Crippen LogP contribution >= 0.6 is 27.5 Å². The van der Waals surface area contributed by atoms with E-state index in [0.29, 0.717) is 0 Å². The van der Waals surface area contributed by atoms with Crippen molar-refractivity contribution in [2.24, 2.45) is 0 Å². The standard InChI is InChI=1S/C11H13BrClN/c1-8(2)6-14-7-9-3-4-10(12)11(13)5-9/h3-5,14H,1,6-7H2,2H3. The first-order valence-electron chi connectivity index (χ1n) is 4.38. The molecule has 0 aliphatic rings. The number of halogens is 2. The predicted octanol–water partition coefficient (Wildman–Crippen LogP) is 3.77. The third-order valence-electron chi connectivity index (χ3n) is 1.74. The summed E-state index contributed by atoms with van der Waals surface area (Å²) < 4.78 is 0.933. The maximum Gasteiger partial charge on any atom is 0.0551 e. The summed E-state index contributed by atoms with van der Waals surface area (Å²) in [5, 5.41) is 4.02. The number of rotatable bonds is 4. The van der Waals surface area contributed by atoms with Crippen molar-refractivity contribution in [2.45, 2.75) is 13.5 Å². The van der Waals surface area contributed by atoms with Gasteiger partial charge in [0.15, 0.2) is 0 Å². The summed E-state index contributed by atoms with van der Waals surface area (Å²) in [6.07, 6.45) is 0. The SMILES string of the molecule is C=C(C)CNCc1ccc(Br)c(Cl)c1. The highest BCUT2D eigenvalue weighted by molar-refractivity contribution is 9.10. The zero-order chi connectivity index (χ0) is 10.6. The van der Waals surface area contributed by atoms with Gasteiger partial charge in [-0.2, -0.15) is 0 Å². The van der Waals surface area contributed by atoms with Gasteiger partial charge in [-0.3, -0.25) is 0 Å². The largest absolute Gasteiger partial charge is 0.309 e. The van der Waals surface area contributed by atoms with Gasteiger partial charge in [0.25, 0.3) is 0 Å². The van der Waals surface area contributed by atoms with Crippen LogP contribution in [0, 0.1) is 0 Å². The van der Waals surface area contributed by atoms with E-state index in [1.54, 1.807) is 0 Å². The summed E-state index contributed by atoms with van der Waals surface area (Å²) in [5.41, 5.74) is 2.31. The van der Waals surface area contributed by atoms with Crippen molar-refractivity contribution in [3.63, 3.8) is 0 Å². The minimum Gasteiger partial charge on any atom is -0.309 e. The van der Waals surface area contributed by atoms with Crippen molar-refractivity contribution in [2.75, 3.05) is 6.54 Å². The first-order chi connectivity index (χ1) is 6.59. The van der Waals surface area contributed by atoms with Crippen LogP contribution in [0.25, 0.3) is 0 Å². The van der Waals surface area contributed by atoms with Gasteiger partial charge in [0.1, 0.15) is 0 Å². The molecule has 0 amide bonds. The monoisotopic (exact) mass is 273 g/mol. The van der Waals surface area contributed by atoms with Gasteiger partial charge in [-0.25, -0.2) is 0 Å². The van der Waals surface area contributed by atoms with Crippen LogP contribution in [0.15, 0.2) is 34.8 Å². The van der Waals surface area contributed by atoms with Gasteiger partial charge in [-0.1, -0.05) is 29.8 Å². The molecule has 0 bridgehead atoms. The Bertz CT molecular complexity index is 336. The molecule has 3 heteroatoms. The zero-order valence-electron chi connectivity index (χ0n) is 8.11. The molecule has 0 radical (unpaired) electrons. The molecular weight excluding hydrogens is 261 g/mol. The minimum absolute atomic E-state index is 0.750. The fourth-order valence-corrected chi connectivity index (χ4v) is 1.52. The summed E-state index contributed by atoms with van der Waals surface area (Å²) >= 11 is 9.32. The lowest BCUT2D eigenvalue weighted by atomic mass is 10.2. The van der Waals surface area contributed by atoms with E-state index in [1.807, 2.05) is 25.1 Å². The van der Waals surface area contributed by atoms with Crippen molar-refractivity contribution in [3.8, 4) is 0 Å². The van der Waals surface area contributed by atoms with Gasteiger partial charge >= 0.3 is 0 Å². The van der Waals surface area contributed by atoms with Crippen LogP contribution in [0.1, 0.15) is 12.5 Å². The van der Waals surface area contributed by atoms with E-state index in [9.17, 15) is 0 Å². The van der Waals surface area contributed by atoms with Crippen molar-refractivity contribution in [1.82, 2.24) is 5.32 Å². The molecule has 0 unspecified atom stereocenters. The second kappa shape index (κ2) is 5.54. The lowest BCUT2D eigenvalue weighted by Gasteiger charge is -2.05. The molecule has 0 aliphatic carbocycles. The quantitative estimate of drug-likeness (QED) is 0.824. The zero-order valence-corrected chi connectivity index (χ0v) is 10.5. The van der Waals surface area contributed by atoms with E-state index in [1.165, 1.54) is 5.56 Å². The Kier molecular flexibility index (Phi) is 4.66. The molecule has 0 spiro atoms. The highest BCUT2D eigenvalue weighted by atomic mass is 79.9. The van der Waals surface area contributed by atoms with Crippen molar-refractivity contribution < 1.29 is 0 Å². The molecule has 0 fully saturated rings. The molecule has 0 aromatic heterocycles. The lowest BCUT2D eigenvalue weighted by molar-refractivity contribution is 0.741. The molecule has 14 heavy (non-hydrogen) atoms. The van der Waals surface area contributed by atoms with E-state index >= 15 is 0 Å². The van der Waals surface area contributed by atoms with Crippen LogP contribution in [-0.2, 0) is 6.54 Å². The Morgan fingerprint density at radius 1 is 1.57 bits per heavy atom. The number of benzene rings is 1. The average molecular weight is 275 g/mol. The van der Waals surface area contributed by atoms with Gasteiger partial charge in [0.2, 0.25) is 0 Å². The van der Waals surface area contributed by atoms with E-state index in [4.69, 9.17) is 11.6 Å². The molecule has 0 saturated heterocycles. The van der Waals surface area contributed by atoms with Crippen molar-refractivity contribution in [1.29, 1.82) is 0 Å². The molecule has 1 rings (SSSR count). The van der Waals surface area contributed by atoms with E-state index in [0.717, 1.165) is 28.2 Å². The molecule has 1 aromatic rings.